The van der Waals surface area contributed by atoms with Crippen LogP contribution in [0.3, 0.4) is 0 Å². The van der Waals surface area contributed by atoms with Crippen molar-refractivity contribution in [3.8, 4) is 5.75 Å². The summed E-state index contributed by atoms with van der Waals surface area (Å²) in [6.07, 6.45) is 2.63. The molecule has 222 valence electrons. The molecule has 2 aromatic carbocycles. The SMILES string of the molecule is Cc1cc(C2=NN(COCC[Si](C)(C)C)C=C(c3nc4ccc(Cl)cc4n3COCC[Si](C)(C)C)C2)cc(C)c1O. The highest BCUT2D eigenvalue weighted by Crippen LogP contribution is 2.32. The number of rotatable bonds is 12. The van der Waals surface area contributed by atoms with E-state index in [0.717, 1.165) is 56.9 Å². The average molecular weight is 613 g/mol. The number of hydrazone groups is 1. The van der Waals surface area contributed by atoms with Gasteiger partial charge in [0, 0.05) is 52.6 Å². The summed E-state index contributed by atoms with van der Waals surface area (Å²) in [6, 6.07) is 12.0. The molecule has 0 bridgehead atoms. The van der Waals surface area contributed by atoms with Crippen molar-refractivity contribution in [1.82, 2.24) is 14.6 Å². The molecule has 0 fully saturated rings. The minimum atomic E-state index is -1.22. The highest BCUT2D eigenvalue weighted by molar-refractivity contribution is 6.76. The van der Waals surface area contributed by atoms with E-state index in [2.05, 4.69) is 43.8 Å². The number of imidazole rings is 1. The molecule has 4 rings (SSSR count). The Kier molecular flexibility index (Phi) is 9.86. The van der Waals surface area contributed by atoms with Gasteiger partial charge in [-0.25, -0.2) is 9.99 Å². The van der Waals surface area contributed by atoms with E-state index >= 15 is 0 Å². The molecule has 10 heteroatoms. The lowest BCUT2D eigenvalue weighted by Gasteiger charge is -2.25. The van der Waals surface area contributed by atoms with Gasteiger partial charge in [-0.3, -0.25) is 4.57 Å². The summed E-state index contributed by atoms with van der Waals surface area (Å²) in [5, 5.41) is 17.9. The number of fused-ring (bicyclic) bond motifs is 1. The lowest BCUT2D eigenvalue weighted by atomic mass is 9.97. The van der Waals surface area contributed by atoms with Crippen LogP contribution in [-0.2, 0) is 16.2 Å². The Morgan fingerprint density at radius 3 is 2.12 bits per heavy atom. The largest absolute Gasteiger partial charge is 0.507 e. The highest BCUT2D eigenvalue weighted by Gasteiger charge is 2.24. The lowest BCUT2D eigenvalue weighted by molar-refractivity contribution is 0.0631. The second-order valence-corrected chi connectivity index (χ2v) is 25.1. The van der Waals surface area contributed by atoms with Crippen LogP contribution in [0, 0.1) is 13.8 Å². The van der Waals surface area contributed by atoms with Gasteiger partial charge in [-0.1, -0.05) is 50.9 Å². The number of phenolic OH excluding ortho intramolecular Hbond substituents is 1. The summed E-state index contributed by atoms with van der Waals surface area (Å²) in [4.78, 5) is 5.05. The zero-order valence-electron chi connectivity index (χ0n) is 25.8. The van der Waals surface area contributed by atoms with Crippen LogP contribution < -0.4 is 0 Å². The molecule has 7 nitrogen and oxygen atoms in total. The van der Waals surface area contributed by atoms with Crippen LogP contribution in [0.2, 0.25) is 56.4 Å². The van der Waals surface area contributed by atoms with Gasteiger partial charge in [-0.15, -0.1) is 0 Å². The van der Waals surface area contributed by atoms with Crippen molar-refractivity contribution in [2.24, 2.45) is 5.10 Å². The molecule has 0 saturated heterocycles. The fourth-order valence-electron chi connectivity index (χ4n) is 4.65. The van der Waals surface area contributed by atoms with Crippen molar-refractivity contribution < 1.29 is 14.6 Å². The van der Waals surface area contributed by atoms with Gasteiger partial charge in [0.05, 0.1) is 16.7 Å². The Morgan fingerprint density at radius 1 is 0.902 bits per heavy atom. The molecular weight excluding hydrogens is 568 g/mol. The Morgan fingerprint density at radius 2 is 1.51 bits per heavy atom. The first-order valence-corrected chi connectivity index (χ1v) is 22.2. The standard InChI is InChI=1S/C31H45ClN4O3Si2/c1-22-15-24(16-23(2)30(22)37)28-17-25(19-35(34-28)20-38-11-13-40(3,4)5)31-33-27-10-9-26(32)18-29(27)36(31)21-39-12-14-41(6,7)8/h9-10,15-16,18-19,37H,11-14,17,20-21H2,1-8H3. The first-order chi connectivity index (χ1) is 19.2. The summed E-state index contributed by atoms with van der Waals surface area (Å²) in [7, 11) is -2.43. The summed E-state index contributed by atoms with van der Waals surface area (Å²) in [5.41, 5.74) is 6.38. The van der Waals surface area contributed by atoms with E-state index in [-0.39, 0.29) is 0 Å². The smallest absolute Gasteiger partial charge is 0.140 e. The normalized spacial score (nSPS) is 14.5. The molecule has 0 atom stereocenters. The predicted octanol–water partition coefficient (Wildman–Crippen LogP) is 8.09. The number of aromatic hydroxyl groups is 1. The maximum absolute atomic E-state index is 10.4. The Balaban J connectivity index is 1.70. The van der Waals surface area contributed by atoms with Gasteiger partial charge in [0.15, 0.2) is 0 Å². The monoisotopic (exact) mass is 612 g/mol. The third kappa shape index (κ3) is 8.55. The lowest BCUT2D eigenvalue weighted by Crippen LogP contribution is -2.26. The number of aromatic nitrogens is 2. The van der Waals surface area contributed by atoms with E-state index in [4.69, 9.17) is 31.2 Å². The van der Waals surface area contributed by atoms with Crippen molar-refractivity contribution in [1.29, 1.82) is 0 Å². The van der Waals surface area contributed by atoms with E-state index < -0.39 is 16.1 Å². The van der Waals surface area contributed by atoms with Crippen LogP contribution in [0.1, 0.15) is 28.9 Å². The number of aryl methyl sites for hydroxylation is 2. The molecule has 1 N–H and O–H groups in total. The fourth-order valence-corrected chi connectivity index (χ4v) is 6.33. The minimum absolute atomic E-state index is 0.321. The second kappa shape index (κ2) is 12.8. The van der Waals surface area contributed by atoms with Crippen molar-refractivity contribution in [2.45, 2.75) is 78.4 Å². The topological polar surface area (TPSA) is 72.1 Å². The number of benzene rings is 2. The first kappa shape index (κ1) is 31.5. The average Bonchev–Trinajstić information content (AvgIpc) is 3.23. The van der Waals surface area contributed by atoms with Crippen molar-refractivity contribution in [3.05, 3.63) is 64.1 Å². The van der Waals surface area contributed by atoms with Gasteiger partial charge in [0.2, 0.25) is 0 Å². The molecule has 0 spiro atoms. The Bertz CT molecular complexity index is 1430. The van der Waals surface area contributed by atoms with Gasteiger partial charge in [-0.05, 0) is 73.0 Å². The van der Waals surface area contributed by atoms with Crippen molar-refractivity contribution in [2.75, 3.05) is 19.9 Å². The predicted molar refractivity (Wildman–Crippen MR) is 176 cm³/mol. The molecule has 41 heavy (non-hydrogen) atoms. The van der Waals surface area contributed by atoms with Crippen LogP contribution in [0.4, 0.5) is 0 Å². The summed E-state index contributed by atoms with van der Waals surface area (Å²) < 4.78 is 14.4. The van der Waals surface area contributed by atoms with E-state index in [1.807, 2.05) is 55.4 Å². The molecule has 1 aromatic heterocycles. The zero-order valence-corrected chi connectivity index (χ0v) is 28.6. The van der Waals surface area contributed by atoms with Crippen LogP contribution in [0.25, 0.3) is 16.6 Å². The van der Waals surface area contributed by atoms with Gasteiger partial charge < -0.3 is 14.6 Å². The Hall–Kier alpha value is -2.44. The quantitative estimate of drug-likeness (QED) is 0.165. The van der Waals surface area contributed by atoms with Gasteiger partial charge in [-0.2, -0.15) is 5.10 Å². The fraction of sp³-hybridized carbons (Fsp3) is 0.484. The third-order valence-corrected chi connectivity index (χ3v) is 10.8. The van der Waals surface area contributed by atoms with E-state index in [9.17, 15) is 5.11 Å². The van der Waals surface area contributed by atoms with E-state index in [1.54, 1.807) is 0 Å². The number of hydrogen-bond donors (Lipinski definition) is 1. The molecule has 3 aromatic rings. The Labute approximate surface area is 251 Å². The van der Waals surface area contributed by atoms with Crippen LogP contribution in [-0.4, -0.2) is 61.5 Å². The van der Waals surface area contributed by atoms with Crippen LogP contribution in [0.5, 0.6) is 5.75 Å². The molecular formula is C31H45ClN4O3Si2. The minimum Gasteiger partial charge on any atom is -0.507 e. The summed E-state index contributed by atoms with van der Waals surface area (Å²) >= 11 is 6.43. The van der Waals surface area contributed by atoms with E-state index in [0.29, 0.717) is 43.9 Å². The van der Waals surface area contributed by atoms with E-state index in [1.165, 1.54) is 0 Å². The second-order valence-electron chi connectivity index (χ2n) is 13.5. The number of hydrogen-bond acceptors (Lipinski definition) is 6. The number of halogens is 1. The van der Waals surface area contributed by atoms with Gasteiger partial charge >= 0.3 is 0 Å². The van der Waals surface area contributed by atoms with Crippen molar-refractivity contribution in [3.63, 3.8) is 0 Å². The molecule has 1 aliphatic rings. The maximum atomic E-state index is 10.4. The number of phenols is 1. The molecule has 0 saturated carbocycles. The summed E-state index contributed by atoms with van der Waals surface area (Å²) in [5.74, 6) is 1.16. The van der Waals surface area contributed by atoms with Crippen molar-refractivity contribution >= 4 is 50.1 Å². The van der Waals surface area contributed by atoms with Crippen LogP contribution in [0.15, 0.2) is 41.6 Å². The molecule has 0 unspecified atom stereocenters. The number of ether oxygens (including phenoxy) is 2. The first-order valence-electron chi connectivity index (χ1n) is 14.4. The highest BCUT2D eigenvalue weighted by atomic mass is 35.5. The number of nitrogens with zero attached hydrogens (tertiary/aromatic N) is 4. The third-order valence-electron chi connectivity index (χ3n) is 7.17. The molecule has 1 aliphatic heterocycles. The van der Waals surface area contributed by atoms with Crippen LogP contribution >= 0.6 is 11.6 Å². The summed E-state index contributed by atoms with van der Waals surface area (Å²) in [6.45, 7) is 20.1. The molecule has 2 heterocycles. The molecule has 0 radical (unpaired) electrons. The molecule has 0 amide bonds. The van der Waals surface area contributed by atoms with Gasteiger partial charge in [0.1, 0.15) is 25.0 Å². The zero-order chi connectivity index (χ0) is 29.9. The van der Waals surface area contributed by atoms with Gasteiger partial charge in [0.25, 0.3) is 0 Å². The molecule has 0 aliphatic carbocycles. The number of allylic oxidation sites excluding steroid dienone is 1. The maximum Gasteiger partial charge on any atom is 0.140 e.